The first-order chi connectivity index (χ1) is 10.6. The van der Waals surface area contributed by atoms with E-state index in [1.807, 2.05) is 25.1 Å². The number of hydrogen-bond acceptors (Lipinski definition) is 4. The van der Waals surface area contributed by atoms with Gasteiger partial charge in [0.05, 0.1) is 0 Å². The Labute approximate surface area is 136 Å². The maximum absolute atomic E-state index is 12.1. The van der Waals surface area contributed by atoms with Crippen molar-refractivity contribution in [3.63, 3.8) is 0 Å². The van der Waals surface area contributed by atoms with E-state index in [4.69, 9.17) is 9.47 Å². The number of rotatable bonds is 4. The Kier molecular flexibility index (Phi) is 4.15. The average molecular weight is 360 g/mol. The van der Waals surface area contributed by atoms with Crippen LogP contribution in [0.4, 0.5) is 5.69 Å². The van der Waals surface area contributed by atoms with Crippen LogP contribution in [-0.4, -0.2) is 12.6 Å². The number of fused-ring (bicyclic) bond motifs is 1. The lowest BCUT2D eigenvalue weighted by molar-refractivity contribution is 0.104. The molecule has 1 heterocycles. The van der Waals surface area contributed by atoms with E-state index < -0.39 is 0 Å². The molecule has 4 nitrogen and oxygen atoms in total. The Hall–Kier alpha value is -2.27. The standard InChI is InChI=1S/C17H14BrNO3/c1-11-8-13(18)3-4-14(11)19-7-6-15(20)12-2-5-16-17(9-12)22-10-21-16/h2-9,19H,10H2,1H3/b7-6+. The number of allylic oxidation sites excluding steroid dienone is 1. The van der Waals surface area contributed by atoms with Gasteiger partial charge in [0.25, 0.3) is 0 Å². The van der Waals surface area contributed by atoms with Crippen molar-refractivity contribution in [2.75, 3.05) is 12.1 Å². The van der Waals surface area contributed by atoms with Crippen LogP contribution in [0.2, 0.25) is 0 Å². The maximum Gasteiger partial charge on any atom is 0.231 e. The number of hydrogen-bond donors (Lipinski definition) is 1. The summed E-state index contributed by atoms with van der Waals surface area (Å²) in [5.41, 5.74) is 2.61. The number of benzene rings is 2. The predicted octanol–water partition coefficient (Wildman–Crippen LogP) is 4.29. The second kappa shape index (κ2) is 6.23. The fraction of sp³-hybridized carbons (Fsp3) is 0.118. The summed E-state index contributed by atoms with van der Waals surface area (Å²) in [5, 5.41) is 3.11. The van der Waals surface area contributed by atoms with E-state index in [0.29, 0.717) is 17.1 Å². The van der Waals surface area contributed by atoms with Crippen LogP contribution in [0.3, 0.4) is 0 Å². The van der Waals surface area contributed by atoms with E-state index in [-0.39, 0.29) is 12.6 Å². The van der Waals surface area contributed by atoms with Crippen molar-refractivity contribution in [2.45, 2.75) is 6.92 Å². The molecule has 2 aromatic rings. The summed E-state index contributed by atoms with van der Waals surface area (Å²) < 4.78 is 11.5. The minimum atomic E-state index is -0.0967. The van der Waals surface area contributed by atoms with Crippen LogP contribution >= 0.6 is 15.9 Å². The van der Waals surface area contributed by atoms with Gasteiger partial charge in [-0.25, -0.2) is 0 Å². The van der Waals surface area contributed by atoms with Gasteiger partial charge in [0.15, 0.2) is 17.3 Å². The van der Waals surface area contributed by atoms with E-state index in [0.717, 1.165) is 15.7 Å². The zero-order valence-electron chi connectivity index (χ0n) is 11.9. The fourth-order valence-corrected chi connectivity index (χ4v) is 2.62. The van der Waals surface area contributed by atoms with Gasteiger partial charge in [-0.15, -0.1) is 0 Å². The number of halogens is 1. The van der Waals surface area contributed by atoms with Gasteiger partial charge in [-0.1, -0.05) is 15.9 Å². The number of ether oxygens (including phenoxy) is 2. The molecule has 0 saturated carbocycles. The molecule has 112 valence electrons. The van der Waals surface area contributed by atoms with Gasteiger partial charge in [0.1, 0.15) is 0 Å². The molecule has 0 saturated heterocycles. The Bertz CT molecular complexity index is 756. The Balaban J connectivity index is 1.68. The van der Waals surface area contributed by atoms with Gasteiger partial charge < -0.3 is 14.8 Å². The molecule has 0 spiro atoms. The van der Waals surface area contributed by atoms with Gasteiger partial charge in [0.2, 0.25) is 6.79 Å². The molecule has 0 aromatic heterocycles. The predicted molar refractivity (Wildman–Crippen MR) is 88.5 cm³/mol. The topological polar surface area (TPSA) is 47.6 Å². The molecule has 22 heavy (non-hydrogen) atoms. The molecule has 5 heteroatoms. The molecule has 0 aliphatic carbocycles. The molecule has 2 aromatic carbocycles. The van der Waals surface area contributed by atoms with E-state index in [9.17, 15) is 4.79 Å². The lowest BCUT2D eigenvalue weighted by Crippen LogP contribution is -1.97. The van der Waals surface area contributed by atoms with Gasteiger partial charge in [-0.2, -0.15) is 0 Å². The van der Waals surface area contributed by atoms with Gasteiger partial charge in [0, 0.05) is 28.0 Å². The Morgan fingerprint density at radius 1 is 1.18 bits per heavy atom. The summed E-state index contributed by atoms with van der Waals surface area (Å²) in [4.78, 5) is 12.1. The van der Waals surface area contributed by atoms with Crippen LogP contribution in [0.15, 0.2) is 53.1 Å². The number of aryl methyl sites for hydroxylation is 1. The van der Waals surface area contributed by atoms with E-state index in [2.05, 4.69) is 21.2 Å². The average Bonchev–Trinajstić information content (AvgIpc) is 2.96. The molecule has 0 bridgehead atoms. The van der Waals surface area contributed by atoms with Crippen LogP contribution < -0.4 is 14.8 Å². The largest absolute Gasteiger partial charge is 0.454 e. The summed E-state index contributed by atoms with van der Waals surface area (Å²) in [6.07, 6.45) is 3.14. The molecule has 0 amide bonds. The smallest absolute Gasteiger partial charge is 0.231 e. The highest BCUT2D eigenvalue weighted by Crippen LogP contribution is 2.32. The van der Waals surface area contributed by atoms with Crippen molar-refractivity contribution in [1.82, 2.24) is 0 Å². The molecule has 0 unspecified atom stereocenters. The van der Waals surface area contributed by atoms with Crippen LogP contribution in [0, 0.1) is 6.92 Å². The third kappa shape index (κ3) is 3.14. The van der Waals surface area contributed by atoms with E-state index in [1.165, 1.54) is 6.08 Å². The number of nitrogens with one attached hydrogen (secondary N) is 1. The molecule has 1 N–H and O–H groups in total. The molecule has 0 radical (unpaired) electrons. The lowest BCUT2D eigenvalue weighted by Gasteiger charge is -2.05. The summed E-state index contributed by atoms with van der Waals surface area (Å²) >= 11 is 3.42. The van der Waals surface area contributed by atoms with Crippen molar-refractivity contribution >= 4 is 27.4 Å². The molecule has 1 aliphatic heterocycles. The van der Waals surface area contributed by atoms with Crippen molar-refractivity contribution in [3.05, 3.63) is 64.3 Å². The zero-order valence-corrected chi connectivity index (χ0v) is 13.5. The third-order valence-corrected chi connectivity index (χ3v) is 3.81. The van der Waals surface area contributed by atoms with Gasteiger partial charge >= 0.3 is 0 Å². The van der Waals surface area contributed by atoms with E-state index >= 15 is 0 Å². The fourth-order valence-electron chi connectivity index (χ4n) is 2.14. The second-order valence-electron chi connectivity index (χ2n) is 4.87. The van der Waals surface area contributed by atoms with Crippen molar-refractivity contribution in [1.29, 1.82) is 0 Å². The highest BCUT2D eigenvalue weighted by molar-refractivity contribution is 9.10. The van der Waals surface area contributed by atoms with Crippen molar-refractivity contribution in [3.8, 4) is 11.5 Å². The van der Waals surface area contributed by atoms with Crippen LogP contribution in [0.1, 0.15) is 15.9 Å². The van der Waals surface area contributed by atoms with Crippen molar-refractivity contribution < 1.29 is 14.3 Å². The Morgan fingerprint density at radius 2 is 2.00 bits per heavy atom. The normalized spacial score (nSPS) is 12.6. The summed E-state index contributed by atoms with van der Waals surface area (Å²) in [7, 11) is 0. The summed E-state index contributed by atoms with van der Waals surface area (Å²) in [6.45, 7) is 2.20. The van der Waals surface area contributed by atoms with Crippen molar-refractivity contribution in [2.24, 2.45) is 0 Å². The quantitative estimate of drug-likeness (QED) is 0.653. The highest BCUT2D eigenvalue weighted by Gasteiger charge is 2.14. The highest BCUT2D eigenvalue weighted by atomic mass is 79.9. The maximum atomic E-state index is 12.1. The lowest BCUT2D eigenvalue weighted by atomic mass is 10.1. The molecular weight excluding hydrogens is 346 g/mol. The van der Waals surface area contributed by atoms with Crippen LogP contribution in [-0.2, 0) is 0 Å². The molecule has 0 atom stereocenters. The number of carbonyl (C=O) groups is 1. The first-order valence-electron chi connectivity index (χ1n) is 6.77. The minimum Gasteiger partial charge on any atom is -0.454 e. The van der Waals surface area contributed by atoms with Crippen LogP contribution in [0.5, 0.6) is 11.5 Å². The first-order valence-corrected chi connectivity index (χ1v) is 7.56. The molecule has 0 fully saturated rings. The van der Waals surface area contributed by atoms with Crippen LogP contribution in [0.25, 0.3) is 0 Å². The molecule has 3 rings (SSSR count). The molecule has 1 aliphatic rings. The third-order valence-electron chi connectivity index (χ3n) is 3.32. The van der Waals surface area contributed by atoms with E-state index in [1.54, 1.807) is 24.4 Å². The Morgan fingerprint density at radius 3 is 2.82 bits per heavy atom. The number of carbonyl (C=O) groups excluding carboxylic acids is 1. The molecular formula is C17H14BrNO3. The number of anilines is 1. The second-order valence-corrected chi connectivity index (χ2v) is 5.78. The zero-order chi connectivity index (χ0) is 15.5. The minimum absolute atomic E-state index is 0.0967. The SMILES string of the molecule is Cc1cc(Br)ccc1N/C=C/C(=O)c1ccc2c(c1)OCO2. The summed E-state index contributed by atoms with van der Waals surface area (Å²) in [6, 6.07) is 11.1. The first kappa shape index (κ1) is 14.7. The monoisotopic (exact) mass is 359 g/mol. The van der Waals surface area contributed by atoms with Gasteiger partial charge in [-0.05, 0) is 48.9 Å². The van der Waals surface area contributed by atoms with Gasteiger partial charge in [-0.3, -0.25) is 4.79 Å². The number of ketones is 1. The summed E-state index contributed by atoms with van der Waals surface area (Å²) in [5.74, 6) is 1.18.